The number of hydrogen-bond donors (Lipinski definition) is 2. The van der Waals surface area contributed by atoms with E-state index in [1.165, 1.54) is 7.11 Å². The Hall–Kier alpha value is -1.37. The second kappa shape index (κ2) is 6.26. The molecule has 0 bridgehead atoms. The number of methoxy groups -OCH3 is 1. The number of rotatable bonds is 5. The molecule has 1 aromatic rings. The minimum atomic E-state index is -0.351. The summed E-state index contributed by atoms with van der Waals surface area (Å²) in [6.07, 6.45) is 1.62. The van der Waals surface area contributed by atoms with E-state index < -0.39 is 0 Å². The zero-order valence-corrected chi connectivity index (χ0v) is 10.7. The molecule has 0 unspecified atom stereocenters. The molecule has 7 heteroatoms. The van der Waals surface area contributed by atoms with Gasteiger partial charge in [0.25, 0.3) is 0 Å². The molecular formula is C9H13BrN4O2. The van der Waals surface area contributed by atoms with Crippen LogP contribution >= 0.6 is 15.9 Å². The summed E-state index contributed by atoms with van der Waals surface area (Å²) in [4.78, 5) is 19.2. The standard InChI is InChI=1S/C9H13BrN4O2/c1-3-11-9-13-4-6(10)8(14-9)12-5-7(15)16-2/h4H,3,5H2,1-2H3,(H2,11,12,13,14). The van der Waals surface area contributed by atoms with Gasteiger partial charge < -0.3 is 15.4 Å². The lowest BCUT2D eigenvalue weighted by atomic mass is 10.5. The van der Waals surface area contributed by atoms with Crippen molar-refractivity contribution in [3.8, 4) is 0 Å². The second-order valence-electron chi connectivity index (χ2n) is 2.85. The number of aromatic nitrogens is 2. The van der Waals surface area contributed by atoms with Crippen LogP contribution in [0, 0.1) is 0 Å². The van der Waals surface area contributed by atoms with Crippen LogP contribution in [0.4, 0.5) is 11.8 Å². The minimum Gasteiger partial charge on any atom is -0.468 e. The molecule has 1 heterocycles. The molecule has 0 amide bonds. The molecule has 16 heavy (non-hydrogen) atoms. The smallest absolute Gasteiger partial charge is 0.325 e. The van der Waals surface area contributed by atoms with Crippen LogP contribution in [0.25, 0.3) is 0 Å². The highest BCUT2D eigenvalue weighted by molar-refractivity contribution is 9.10. The highest BCUT2D eigenvalue weighted by Gasteiger charge is 2.06. The monoisotopic (exact) mass is 288 g/mol. The van der Waals surface area contributed by atoms with Gasteiger partial charge >= 0.3 is 5.97 Å². The molecule has 0 saturated carbocycles. The summed E-state index contributed by atoms with van der Waals surface area (Å²) in [5, 5.41) is 5.83. The molecule has 0 aromatic carbocycles. The summed E-state index contributed by atoms with van der Waals surface area (Å²) in [5.41, 5.74) is 0. The van der Waals surface area contributed by atoms with E-state index in [1.54, 1.807) is 6.20 Å². The minimum absolute atomic E-state index is 0.0671. The first-order chi connectivity index (χ1) is 7.67. The Morgan fingerprint density at radius 3 is 2.94 bits per heavy atom. The molecule has 0 aliphatic rings. The van der Waals surface area contributed by atoms with Gasteiger partial charge in [-0.15, -0.1) is 0 Å². The molecule has 2 N–H and O–H groups in total. The average molecular weight is 289 g/mol. The van der Waals surface area contributed by atoms with Gasteiger partial charge in [0.05, 0.1) is 11.6 Å². The molecular weight excluding hydrogens is 276 g/mol. The molecule has 0 fully saturated rings. The SMILES string of the molecule is CCNc1ncc(Br)c(NCC(=O)OC)n1. The zero-order valence-electron chi connectivity index (χ0n) is 9.08. The van der Waals surface area contributed by atoms with Gasteiger partial charge in [-0.3, -0.25) is 4.79 Å². The van der Waals surface area contributed by atoms with Crippen LogP contribution in [0.2, 0.25) is 0 Å². The van der Waals surface area contributed by atoms with Gasteiger partial charge in [0.1, 0.15) is 12.4 Å². The summed E-state index contributed by atoms with van der Waals surface area (Å²) >= 11 is 3.29. The largest absolute Gasteiger partial charge is 0.468 e. The lowest BCUT2D eigenvalue weighted by molar-refractivity contribution is -0.138. The molecule has 6 nitrogen and oxygen atoms in total. The normalized spacial score (nSPS) is 9.69. The Balaban J connectivity index is 2.70. The van der Waals surface area contributed by atoms with E-state index in [-0.39, 0.29) is 12.5 Å². The highest BCUT2D eigenvalue weighted by Crippen LogP contribution is 2.19. The average Bonchev–Trinajstić information content (AvgIpc) is 2.29. The third-order valence-electron chi connectivity index (χ3n) is 1.71. The molecule has 0 saturated heterocycles. The molecule has 0 radical (unpaired) electrons. The quantitative estimate of drug-likeness (QED) is 0.795. The number of hydrogen-bond acceptors (Lipinski definition) is 6. The number of esters is 1. The number of nitrogens with one attached hydrogen (secondary N) is 2. The van der Waals surface area contributed by atoms with E-state index in [0.29, 0.717) is 16.2 Å². The predicted molar refractivity (Wildman–Crippen MR) is 64.4 cm³/mol. The fourth-order valence-electron chi connectivity index (χ4n) is 0.962. The predicted octanol–water partition coefficient (Wildman–Crippen LogP) is 1.26. The Kier molecular flexibility index (Phi) is 4.97. The molecule has 1 aromatic heterocycles. The van der Waals surface area contributed by atoms with Crippen LogP contribution in [0.1, 0.15) is 6.92 Å². The first-order valence-corrected chi connectivity index (χ1v) is 5.53. The van der Waals surface area contributed by atoms with Gasteiger partial charge in [-0.25, -0.2) is 4.98 Å². The van der Waals surface area contributed by atoms with Crippen molar-refractivity contribution in [2.75, 3.05) is 30.8 Å². The van der Waals surface area contributed by atoms with Crippen molar-refractivity contribution in [2.45, 2.75) is 6.92 Å². The van der Waals surface area contributed by atoms with Gasteiger partial charge in [0.15, 0.2) is 0 Å². The molecule has 0 spiro atoms. The summed E-state index contributed by atoms with van der Waals surface area (Å²) in [5.74, 6) is 0.713. The third-order valence-corrected chi connectivity index (χ3v) is 2.29. The van der Waals surface area contributed by atoms with Crippen molar-refractivity contribution >= 4 is 33.7 Å². The summed E-state index contributed by atoms with van der Waals surface area (Å²) in [7, 11) is 1.34. The topological polar surface area (TPSA) is 76.1 Å². The van der Waals surface area contributed by atoms with E-state index in [2.05, 4.69) is 41.3 Å². The van der Waals surface area contributed by atoms with Gasteiger partial charge in [0, 0.05) is 12.7 Å². The maximum absolute atomic E-state index is 10.9. The summed E-state index contributed by atoms with van der Waals surface area (Å²) < 4.78 is 5.21. The summed E-state index contributed by atoms with van der Waals surface area (Å²) in [6.45, 7) is 2.75. The number of halogens is 1. The fraction of sp³-hybridized carbons (Fsp3) is 0.444. The lowest BCUT2D eigenvalue weighted by Crippen LogP contribution is -2.16. The van der Waals surface area contributed by atoms with Crippen LogP contribution in [0.3, 0.4) is 0 Å². The van der Waals surface area contributed by atoms with Crippen LogP contribution in [0.15, 0.2) is 10.7 Å². The van der Waals surface area contributed by atoms with Crippen LogP contribution < -0.4 is 10.6 Å². The highest BCUT2D eigenvalue weighted by atomic mass is 79.9. The number of anilines is 2. The molecule has 0 aliphatic carbocycles. The molecule has 0 aliphatic heterocycles. The molecule has 88 valence electrons. The van der Waals surface area contributed by atoms with E-state index >= 15 is 0 Å². The van der Waals surface area contributed by atoms with E-state index in [4.69, 9.17) is 0 Å². The Morgan fingerprint density at radius 2 is 2.31 bits per heavy atom. The Bertz CT molecular complexity index is 373. The Morgan fingerprint density at radius 1 is 1.56 bits per heavy atom. The molecule has 1 rings (SSSR count). The third kappa shape index (κ3) is 3.65. The van der Waals surface area contributed by atoms with Crippen molar-refractivity contribution < 1.29 is 9.53 Å². The number of carbonyl (C=O) groups excluding carboxylic acids is 1. The maximum atomic E-state index is 10.9. The van der Waals surface area contributed by atoms with Crippen LogP contribution in [-0.4, -0.2) is 36.1 Å². The van der Waals surface area contributed by atoms with Gasteiger partial charge in [-0.05, 0) is 22.9 Å². The number of carbonyl (C=O) groups is 1. The lowest BCUT2D eigenvalue weighted by Gasteiger charge is -2.08. The van der Waals surface area contributed by atoms with E-state index in [1.807, 2.05) is 6.92 Å². The number of nitrogens with zero attached hydrogens (tertiary/aromatic N) is 2. The fourth-order valence-corrected chi connectivity index (χ4v) is 1.29. The van der Waals surface area contributed by atoms with E-state index in [0.717, 1.165) is 6.54 Å². The first-order valence-electron chi connectivity index (χ1n) is 4.74. The van der Waals surface area contributed by atoms with Gasteiger partial charge in [-0.2, -0.15) is 4.98 Å². The Labute approximate surface area is 102 Å². The van der Waals surface area contributed by atoms with E-state index in [9.17, 15) is 4.79 Å². The van der Waals surface area contributed by atoms with Gasteiger partial charge in [0.2, 0.25) is 5.95 Å². The van der Waals surface area contributed by atoms with Crippen molar-refractivity contribution in [1.29, 1.82) is 0 Å². The van der Waals surface area contributed by atoms with Crippen molar-refractivity contribution in [3.63, 3.8) is 0 Å². The van der Waals surface area contributed by atoms with Crippen molar-refractivity contribution in [1.82, 2.24) is 9.97 Å². The first kappa shape index (κ1) is 12.7. The summed E-state index contributed by atoms with van der Waals surface area (Å²) in [6, 6.07) is 0. The van der Waals surface area contributed by atoms with Crippen molar-refractivity contribution in [2.24, 2.45) is 0 Å². The van der Waals surface area contributed by atoms with Crippen molar-refractivity contribution in [3.05, 3.63) is 10.7 Å². The van der Waals surface area contributed by atoms with Crippen LogP contribution in [-0.2, 0) is 9.53 Å². The second-order valence-corrected chi connectivity index (χ2v) is 3.70. The van der Waals surface area contributed by atoms with Gasteiger partial charge in [-0.1, -0.05) is 0 Å². The zero-order chi connectivity index (χ0) is 12.0. The molecule has 0 atom stereocenters. The van der Waals surface area contributed by atoms with Crippen LogP contribution in [0.5, 0.6) is 0 Å². The maximum Gasteiger partial charge on any atom is 0.325 e. The number of ether oxygens (including phenoxy) is 1.